The van der Waals surface area contributed by atoms with E-state index < -0.39 is 0 Å². The molecule has 3 aromatic heterocycles. The summed E-state index contributed by atoms with van der Waals surface area (Å²) in [6.45, 7) is 1.43. The number of carbonyl (C=O) groups excluding carboxylic acids is 2. The maximum atomic E-state index is 12.8. The molecule has 0 radical (unpaired) electrons. The summed E-state index contributed by atoms with van der Waals surface area (Å²) in [6.07, 6.45) is 1.55. The Balaban J connectivity index is 1.70. The van der Waals surface area contributed by atoms with Crippen LogP contribution >= 0.6 is 0 Å². The lowest BCUT2D eigenvalue weighted by Crippen LogP contribution is -2.14. The summed E-state index contributed by atoms with van der Waals surface area (Å²) in [5.41, 5.74) is 4.03. The molecule has 0 unspecified atom stereocenters. The average molecular weight is 383 g/mol. The van der Waals surface area contributed by atoms with Crippen LogP contribution in [-0.4, -0.2) is 46.8 Å². The SMILES string of the molecule is CC(=O)n1nnc2c(-c3cccc4c3nnn4C(=O)c3ccccn3)cccc21. The Kier molecular flexibility index (Phi) is 3.73. The van der Waals surface area contributed by atoms with Crippen LogP contribution in [0.2, 0.25) is 0 Å². The van der Waals surface area contributed by atoms with Crippen LogP contribution in [0.4, 0.5) is 0 Å². The van der Waals surface area contributed by atoms with Crippen LogP contribution in [0.1, 0.15) is 22.2 Å². The van der Waals surface area contributed by atoms with Gasteiger partial charge in [0.15, 0.2) is 0 Å². The van der Waals surface area contributed by atoms with Gasteiger partial charge in [-0.1, -0.05) is 40.8 Å². The fourth-order valence-corrected chi connectivity index (χ4v) is 3.30. The van der Waals surface area contributed by atoms with Gasteiger partial charge in [-0.15, -0.1) is 10.2 Å². The van der Waals surface area contributed by atoms with Crippen LogP contribution in [0.25, 0.3) is 33.2 Å². The molecule has 0 amide bonds. The predicted molar refractivity (Wildman–Crippen MR) is 104 cm³/mol. The molecular weight excluding hydrogens is 370 g/mol. The van der Waals surface area contributed by atoms with E-state index in [2.05, 4.69) is 25.6 Å². The van der Waals surface area contributed by atoms with Crippen molar-refractivity contribution in [2.45, 2.75) is 6.92 Å². The number of hydrogen-bond donors (Lipinski definition) is 0. The first kappa shape index (κ1) is 16.9. The van der Waals surface area contributed by atoms with Crippen LogP contribution in [0, 0.1) is 0 Å². The molecule has 0 bridgehead atoms. The highest BCUT2D eigenvalue weighted by Crippen LogP contribution is 2.31. The lowest BCUT2D eigenvalue weighted by atomic mass is 10.0. The Hall–Kier alpha value is -4.27. The highest BCUT2D eigenvalue weighted by atomic mass is 16.2. The van der Waals surface area contributed by atoms with Gasteiger partial charge in [-0.05, 0) is 24.3 Å². The molecule has 5 aromatic rings. The van der Waals surface area contributed by atoms with Crippen LogP contribution in [0.15, 0.2) is 60.8 Å². The van der Waals surface area contributed by atoms with Crippen LogP contribution in [0.3, 0.4) is 0 Å². The summed E-state index contributed by atoms with van der Waals surface area (Å²) in [6, 6.07) is 16.0. The minimum Gasteiger partial charge on any atom is -0.273 e. The Labute approximate surface area is 163 Å². The Morgan fingerprint density at radius 3 is 1.97 bits per heavy atom. The van der Waals surface area contributed by atoms with E-state index in [9.17, 15) is 9.59 Å². The first-order valence-electron chi connectivity index (χ1n) is 8.81. The highest BCUT2D eigenvalue weighted by molar-refractivity contribution is 6.05. The number of fused-ring (bicyclic) bond motifs is 2. The monoisotopic (exact) mass is 383 g/mol. The van der Waals surface area contributed by atoms with E-state index in [1.165, 1.54) is 16.3 Å². The largest absolute Gasteiger partial charge is 0.298 e. The Morgan fingerprint density at radius 2 is 1.38 bits per heavy atom. The second-order valence-corrected chi connectivity index (χ2v) is 6.39. The van der Waals surface area contributed by atoms with E-state index in [1.807, 2.05) is 24.3 Å². The molecule has 0 spiro atoms. The molecule has 0 atom stereocenters. The number of hydrogen-bond acceptors (Lipinski definition) is 7. The lowest BCUT2D eigenvalue weighted by molar-refractivity contribution is 0.0921. The molecule has 0 saturated carbocycles. The average Bonchev–Trinajstić information content (AvgIpc) is 3.38. The third-order valence-electron chi connectivity index (χ3n) is 4.62. The van der Waals surface area contributed by atoms with Crippen molar-refractivity contribution in [2.24, 2.45) is 0 Å². The van der Waals surface area contributed by atoms with Gasteiger partial charge in [0.05, 0.1) is 11.0 Å². The summed E-state index contributed by atoms with van der Waals surface area (Å²) >= 11 is 0. The number of pyridine rings is 1. The minimum atomic E-state index is -0.369. The lowest BCUT2D eigenvalue weighted by Gasteiger charge is -2.04. The van der Waals surface area contributed by atoms with Gasteiger partial charge in [0.25, 0.3) is 5.91 Å². The summed E-state index contributed by atoms with van der Waals surface area (Å²) in [4.78, 5) is 28.7. The van der Waals surface area contributed by atoms with E-state index >= 15 is 0 Å². The number of benzene rings is 2. The highest BCUT2D eigenvalue weighted by Gasteiger charge is 2.19. The fourth-order valence-electron chi connectivity index (χ4n) is 3.30. The zero-order chi connectivity index (χ0) is 20.0. The van der Waals surface area contributed by atoms with Crippen molar-refractivity contribution in [1.29, 1.82) is 0 Å². The molecule has 0 fully saturated rings. The van der Waals surface area contributed by atoms with Crippen molar-refractivity contribution < 1.29 is 9.59 Å². The van der Waals surface area contributed by atoms with E-state index in [-0.39, 0.29) is 17.5 Å². The maximum Gasteiger partial charge on any atom is 0.298 e. The van der Waals surface area contributed by atoms with Gasteiger partial charge < -0.3 is 0 Å². The number of aromatic nitrogens is 7. The Bertz CT molecular complexity index is 1400. The van der Waals surface area contributed by atoms with Crippen molar-refractivity contribution in [3.63, 3.8) is 0 Å². The van der Waals surface area contributed by atoms with E-state index in [1.54, 1.807) is 36.5 Å². The van der Waals surface area contributed by atoms with E-state index in [4.69, 9.17) is 0 Å². The molecule has 0 N–H and O–H groups in total. The molecule has 0 aliphatic heterocycles. The zero-order valence-electron chi connectivity index (χ0n) is 15.2. The van der Waals surface area contributed by atoms with Crippen LogP contribution < -0.4 is 0 Å². The van der Waals surface area contributed by atoms with E-state index in [0.717, 1.165) is 11.1 Å². The molecule has 5 rings (SSSR count). The van der Waals surface area contributed by atoms with E-state index in [0.29, 0.717) is 22.1 Å². The fraction of sp³-hybridized carbons (Fsp3) is 0.0500. The molecule has 0 aliphatic rings. The summed E-state index contributed by atoms with van der Waals surface area (Å²) in [7, 11) is 0. The molecular formula is C20H13N7O2. The molecule has 29 heavy (non-hydrogen) atoms. The van der Waals surface area contributed by atoms with Gasteiger partial charge >= 0.3 is 0 Å². The van der Waals surface area contributed by atoms with Crippen molar-refractivity contribution >= 4 is 33.9 Å². The molecule has 0 aliphatic carbocycles. The molecule has 0 saturated heterocycles. The normalized spacial score (nSPS) is 11.2. The second kappa shape index (κ2) is 6.41. The van der Waals surface area contributed by atoms with Gasteiger partial charge in [0.1, 0.15) is 16.7 Å². The Morgan fingerprint density at radius 1 is 0.759 bits per heavy atom. The topological polar surface area (TPSA) is 108 Å². The molecule has 140 valence electrons. The van der Waals surface area contributed by atoms with Crippen LogP contribution in [-0.2, 0) is 0 Å². The van der Waals surface area contributed by atoms with Crippen molar-refractivity contribution in [2.75, 3.05) is 0 Å². The molecule has 9 heteroatoms. The quantitative estimate of drug-likeness (QED) is 0.461. The minimum absolute atomic E-state index is 0.227. The van der Waals surface area contributed by atoms with Crippen molar-refractivity contribution in [3.05, 3.63) is 66.5 Å². The number of carbonyl (C=O) groups is 2. The van der Waals surface area contributed by atoms with Crippen molar-refractivity contribution in [1.82, 2.24) is 35.0 Å². The number of rotatable bonds is 2. The predicted octanol–water partition coefficient (Wildman–Crippen LogP) is 2.59. The van der Waals surface area contributed by atoms with Gasteiger partial charge in [-0.25, -0.2) is 0 Å². The maximum absolute atomic E-state index is 12.8. The van der Waals surface area contributed by atoms with Gasteiger partial charge in [0.2, 0.25) is 5.91 Å². The summed E-state index contributed by atoms with van der Waals surface area (Å²) in [5, 5.41) is 16.4. The number of nitrogens with zero attached hydrogens (tertiary/aromatic N) is 7. The third-order valence-corrected chi connectivity index (χ3v) is 4.62. The second-order valence-electron chi connectivity index (χ2n) is 6.39. The smallest absolute Gasteiger partial charge is 0.273 e. The molecule has 9 nitrogen and oxygen atoms in total. The first-order valence-corrected chi connectivity index (χ1v) is 8.81. The third kappa shape index (κ3) is 2.59. The van der Waals surface area contributed by atoms with Gasteiger partial charge in [-0.2, -0.15) is 9.36 Å². The van der Waals surface area contributed by atoms with Gasteiger partial charge in [-0.3, -0.25) is 14.6 Å². The summed E-state index contributed by atoms with van der Waals surface area (Å²) < 4.78 is 2.48. The van der Waals surface area contributed by atoms with Crippen LogP contribution in [0.5, 0.6) is 0 Å². The van der Waals surface area contributed by atoms with Gasteiger partial charge in [0, 0.05) is 24.2 Å². The first-order chi connectivity index (χ1) is 14.1. The molecule has 3 heterocycles. The molecule has 2 aromatic carbocycles. The summed E-state index contributed by atoms with van der Waals surface area (Å²) in [5.74, 6) is -0.597. The zero-order valence-corrected chi connectivity index (χ0v) is 15.2. The van der Waals surface area contributed by atoms with Crippen molar-refractivity contribution in [3.8, 4) is 11.1 Å². The standard InChI is InChI=1S/C20H13N7O2/c1-12(28)26-16-9-4-6-13(18(16)22-24-26)14-7-5-10-17-19(14)23-25-27(17)20(29)15-8-2-3-11-21-15/h2-11H,1H3.